The van der Waals surface area contributed by atoms with E-state index in [0.29, 0.717) is 5.56 Å². The van der Waals surface area contributed by atoms with E-state index in [1.165, 1.54) is 4.90 Å². The van der Waals surface area contributed by atoms with E-state index >= 15 is 0 Å². The molecule has 3 atom stereocenters. The number of Topliss-reactive ketones (excluding diaryl/α,β-unsaturated/α-hetero) is 2. The second kappa shape index (κ2) is 7.80. The van der Waals surface area contributed by atoms with Crippen LogP contribution in [0.4, 0.5) is 0 Å². The van der Waals surface area contributed by atoms with Crippen LogP contribution in [-0.2, 0) is 20.9 Å². The van der Waals surface area contributed by atoms with Crippen molar-refractivity contribution in [2.24, 2.45) is 11.8 Å². The minimum absolute atomic E-state index is 0.0728. The first-order chi connectivity index (χ1) is 16.8. The number of imide groups is 1. The Morgan fingerprint density at radius 3 is 2.03 bits per heavy atom. The van der Waals surface area contributed by atoms with Gasteiger partial charge in [0.2, 0.25) is 29.0 Å². The molecule has 0 bridgehead atoms. The molecule has 1 spiro atoms. The molecule has 7 heteroatoms. The van der Waals surface area contributed by atoms with Gasteiger partial charge in [-0.15, -0.1) is 0 Å². The minimum Gasteiger partial charge on any atom is -0.349 e. The first kappa shape index (κ1) is 22.1. The third-order valence-corrected chi connectivity index (χ3v) is 7.80. The van der Waals surface area contributed by atoms with Gasteiger partial charge in [-0.05, 0) is 30.2 Å². The third-order valence-electron chi connectivity index (χ3n) is 7.27. The number of carbonyl (C=O) groups excluding carboxylic acids is 4. The second-order valence-corrected chi connectivity index (χ2v) is 10.2. The number of likely N-dealkylation sites (tertiary alicyclic amines) is 1. The van der Waals surface area contributed by atoms with Crippen LogP contribution >= 0.6 is 15.9 Å². The molecular weight excluding hydrogens is 510 g/mol. The highest BCUT2D eigenvalue weighted by Gasteiger charge is 2.74. The van der Waals surface area contributed by atoms with Gasteiger partial charge in [-0.1, -0.05) is 82.2 Å². The average Bonchev–Trinajstić information content (AvgIpc) is 3.42. The van der Waals surface area contributed by atoms with Crippen LogP contribution in [0.1, 0.15) is 43.5 Å². The fraction of sp³-hybridized carbons (Fsp3) is 0.214. The number of nitrogens with zero attached hydrogens (tertiary/aromatic N) is 1. The Balaban J connectivity index is 1.48. The van der Waals surface area contributed by atoms with Gasteiger partial charge in [0.15, 0.2) is 0 Å². The number of fused-ring (bicyclic) bond motifs is 3. The molecule has 6 nitrogen and oxygen atoms in total. The van der Waals surface area contributed by atoms with Gasteiger partial charge in [-0.25, -0.2) is 0 Å². The van der Waals surface area contributed by atoms with E-state index in [0.717, 1.165) is 15.6 Å². The Hall–Kier alpha value is -3.42. The van der Waals surface area contributed by atoms with Crippen LogP contribution in [-0.4, -0.2) is 33.9 Å². The third kappa shape index (κ3) is 3.04. The molecule has 3 aliphatic rings. The van der Waals surface area contributed by atoms with Crippen molar-refractivity contribution in [2.45, 2.75) is 25.2 Å². The molecule has 2 saturated heterocycles. The lowest BCUT2D eigenvalue weighted by molar-refractivity contribution is -0.145. The SMILES string of the molecule is Cc1ccc(CN2C(=O)[C@H]3[C@H](c4ccc(Br)cc4)OC4(C(=O)c5ccccc5C4=O)[C@H]3C2=O)cc1. The molecule has 0 aromatic heterocycles. The summed E-state index contributed by atoms with van der Waals surface area (Å²) in [7, 11) is 0. The number of ether oxygens (including phenoxy) is 1. The van der Waals surface area contributed by atoms with Gasteiger partial charge >= 0.3 is 0 Å². The predicted molar refractivity (Wildman–Crippen MR) is 130 cm³/mol. The van der Waals surface area contributed by atoms with Gasteiger partial charge < -0.3 is 4.74 Å². The van der Waals surface area contributed by atoms with E-state index in [4.69, 9.17) is 4.74 Å². The van der Waals surface area contributed by atoms with Crippen molar-refractivity contribution in [1.29, 1.82) is 0 Å². The number of halogens is 1. The molecule has 0 saturated carbocycles. The van der Waals surface area contributed by atoms with E-state index in [2.05, 4.69) is 15.9 Å². The van der Waals surface area contributed by atoms with Gasteiger partial charge in [-0.3, -0.25) is 24.1 Å². The highest BCUT2D eigenvalue weighted by Crippen LogP contribution is 2.57. The monoisotopic (exact) mass is 529 g/mol. The van der Waals surface area contributed by atoms with E-state index in [1.807, 2.05) is 31.2 Å². The number of hydrogen-bond acceptors (Lipinski definition) is 5. The van der Waals surface area contributed by atoms with Crippen molar-refractivity contribution in [2.75, 3.05) is 0 Å². The molecule has 0 radical (unpaired) electrons. The number of rotatable bonds is 3. The normalized spacial score (nSPS) is 24.4. The molecule has 0 unspecified atom stereocenters. The van der Waals surface area contributed by atoms with E-state index in [9.17, 15) is 19.2 Å². The largest absolute Gasteiger partial charge is 0.349 e. The van der Waals surface area contributed by atoms with Crippen molar-refractivity contribution in [3.63, 3.8) is 0 Å². The Kier molecular flexibility index (Phi) is 4.92. The smallest absolute Gasteiger partial charge is 0.237 e. The van der Waals surface area contributed by atoms with Crippen molar-refractivity contribution in [3.8, 4) is 0 Å². The summed E-state index contributed by atoms with van der Waals surface area (Å²) >= 11 is 3.40. The number of amides is 2. The Morgan fingerprint density at radius 2 is 1.43 bits per heavy atom. The molecule has 0 N–H and O–H groups in total. The van der Waals surface area contributed by atoms with Gasteiger partial charge in [0.05, 0.1) is 24.5 Å². The van der Waals surface area contributed by atoms with E-state index in [-0.39, 0.29) is 17.7 Å². The summed E-state index contributed by atoms with van der Waals surface area (Å²) in [4.78, 5) is 56.2. The first-order valence-electron chi connectivity index (χ1n) is 11.4. The summed E-state index contributed by atoms with van der Waals surface area (Å²) in [5, 5.41) is 0. The fourth-order valence-electron chi connectivity index (χ4n) is 5.56. The quantitative estimate of drug-likeness (QED) is 0.370. The molecule has 2 heterocycles. The standard InChI is InChI=1S/C28H20BrNO5/c1-15-6-8-16(9-7-15)14-30-26(33)21-22(27(30)34)28(35-23(21)17-10-12-18(29)13-11-17)24(31)19-4-2-3-5-20(19)25(28)32/h2-13,21-23H,14H2,1H3/t21-,22-,23+/m1/s1. The Morgan fingerprint density at radius 1 is 0.829 bits per heavy atom. The average molecular weight is 530 g/mol. The number of ketones is 2. The molecule has 3 aromatic rings. The fourth-order valence-corrected chi connectivity index (χ4v) is 5.83. The second-order valence-electron chi connectivity index (χ2n) is 9.28. The number of benzene rings is 3. The summed E-state index contributed by atoms with van der Waals surface area (Å²) in [6, 6.07) is 21.2. The van der Waals surface area contributed by atoms with Crippen molar-refractivity contribution in [1.82, 2.24) is 4.90 Å². The molecule has 3 aromatic carbocycles. The van der Waals surface area contributed by atoms with Crippen LogP contribution in [0.3, 0.4) is 0 Å². The van der Waals surface area contributed by atoms with Crippen LogP contribution in [0.2, 0.25) is 0 Å². The summed E-state index contributed by atoms with van der Waals surface area (Å²) in [5.41, 5.74) is 0.901. The molecule has 2 aliphatic heterocycles. The first-order valence-corrected chi connectivity index (χ1v) is 12.1. The van der Waals surface area contributed by atoms with Gasteiger partial charge in [0.1, 0.15) is 0 Å². The Labute approximate surface area is 210 Å². The minimum atomic E-state index is -2.04. The molecule has 2 amide bonds. The van der Waals surface area contributed by atoms with Crippen LogP contribution in [0.15, 0.2) is 77.3 Å². The summed E-state index contributed by atoms with van der Waals surface area (Å²) in [6.45, 7) is 2.03. The van der Waals surface area contributed by atoms with Gasteiger partial charge in [0, 0.05) is 15.6 Å². The molecule has 6 rings (SSSR count). The lowest BCUT2D eigenvalue weighted by atomic mass is 9.77. The zero-order valence-electron chi connectivity index (χ0n) is 18.7. The topological polar surface area (TPSA) is 80.8 Å². The number of carbonyl (C=O) groups is 4. The lowest BCUT2D eigenvalue weighted by Crippen LogP contribution is -2.50. The zero-order valence-corrected chi connectivity index (χ0v) is 20.3. The summed E-state index contributed by atoms with van der Waals surface area (Å²) in [6.07, 6.45) is -0.908. The Bertz CT molecular complexity index is 1380. The van der Waals surface area contributed by atoms with Gasteiger partial charge in [-0.2, -0.15) is 0 Å². The maximum Gasteiger partial charge on any atom is 0.237 e. The van der Waals surface area contributed by atoms with Crippen LogP contribution in [0.5, 0.6) is 0 Å². The molecular formula is C28H20BrNO5. The van der Waals surface area contributed by atoms with E-state index in [1.54, 1.807) is 48.5 Å². The number of aryl methyl sites for hydroxylation is 1. The highest BCUT2D eigenvalue weighted by atomic mass is 79.9. The molecule has 35 heavy (non-hydrogen) atoms. The number of hydrogen-bond donors (Lipinski definition) is 0. The maximum atomic E-state index is 13.8. The van der Waals surface area contributed by atoms with Gasteiger partial charge in [0.25, 0.3) is 0 Å². The maximum absolute atomic E-state index is 13.8. The highest BCUT2D eigenvalue weighted by molar-refractivity contribution is 9.10. The van der Waals surface area contributed by atoms with E-state index < -0.39 is 46.9 Å². The van der Waals surface area contributed by atoms with Crippen molar-refractivity contribution >= 4 is 39.3 Å². The zero-order chi connectivity index (χ0) is 24.5. The molecule has 174 valence electrons. The van der Waals surface area contributed by atoms with Crippen molar-refractivity contribution in [3.05, 3.63) is 105 Å². The predicted octanol–water partition coefficient (Wildman–Crippen LogP) is 4.45. The lowest BCUT2D eigenvalue weighted by Gasteiger charge is -2.27. The molecule has 1 aliphatic carbocycles. The molecule has 2 fully saturated rings. The van der Waals surface area contributed by atoms with Crippen molar-refractivity contribution < 1.29 is 23.9 Å². The van der Waals surface area contributed by atoms with Crippen LogP contribution in [0.25, 0.3) is 0 Å². The van der Waals surface area contributed by atoms with Crippen LogP contribution < -0.4 is 0 Å². The summed E-state index contributed by atoms with van der Waals surface area (Å²) < 4.78 is 7.12. The summed E-state index contributed by atoms with van der Waals surface area (Å²) in [5.74, 6) is -4.27. The van der Waals surface area contributed by atoms with Crippen LogP contribution in [0, 0.1) is 18.8 Å².